The van der Waals surface area contributed by atoms with E-state index in [0.29, 0.717) is 5.69 Å². The number of aromatic nitrogens is 1. The van der Waals surface area contributed by atoms with E-state index in [4.69, 9.17) is 5.53 Å². The summed E-state index contributed by atoms with van der Waals surface area (Å²) in [6.45, 7) is 0. The van der Waals surface area contributed by atoms with Crippen molar-refractivity contribution in [3.8, 4) is 0 Å². The molecule has 0 amide bonds. The molecular formula is C12H8N4. The minimum atomic E-state index is 0.664. The van der Waals surface area contributed by atoms with Crippen LogP contribution in [0.15, 0.2) is 47.6 Å². The Labute approximate surface area is 91.1 Å². The van der Waals surface area contributed by atoms with Crippen LogP contribution < -0.4 is 0 Å². The van der Waals surface area contributed by atoms with Crippen molar-refractivity contribution < 1.29 is 0 Å². The molecule has 4 nitrogen and oxygen atoms in total. The van der Waals surface area contributed by atoms with Gasteiger partial charge in [-0.05, 0) is 17.7 Å². The molecular weight excluding hydrogens is 200 g/mol. The van der Waals surface area contributed by atoms with Gasteiger partial charge in [-0.2, -0.15) is 0 Å². The topological polar surface area (TPSA) is 64.6 Å². The molecule has 0 radical (unpaired) electrons. The predicted molar refractivity (Wildman–Crippen MR) is 64.6 cm³/mol. The lowest BCUT2D eigenvalue weighted by Gasteiger charge is -1.95. The Balaban J connectivity index is 2.57. The Hall–Kier alpha value is -2.45. The lowest BCUT2D eigenvalue weighted by Crippen LogP contribution is -1.67. The first kappa shape index (κ1) is 8.83. The van der Waals surface area contributed by atoms with Crippen LogP contribution in [0.2, 0.25) is 0 Å². The summed E-state index contributed by atoms with van der Waals surface area (Å²) >= 11 is 0. The van der Waals surface area contributed by atoms with Gasteiger partial charge in [0.2, 0.25) is 0 Å². The van der Waals surface area contributed by atoms with Crippen LogP contribution in [-0.4, -0.2) is 4.98 Å². The van der Waals surface area contributed by atoms with Crippen LogP contribution in [0.4, 0.5) is 5.69 Å². The van der Waals surface area contributed by atoms with Crippen LogP contribution >= 0.6 is 0 Å². The Morgan fingerprint density at radius 1 is 1.00 bits per heavy atom. The zero-order valence-corrected chi connectivity index (χ0v) is 8.38. The molecule has 0 aliphatic heterocycles. The van der Waals surface area contributed by atoms with E-state index in [0.717, 1.165) is 21.8 Å². The quantitative estimate of drug-likeness (QED) is 0.352. The molecule has 1 aromatic heterocycles. The lowest BCUT2D eigenvalue weighted by atomic mass is 10.1. The maximum Gasteiger partial charge on any atom is 0.0475 e. The smallest absolute Gasteiger partial charge is 0.0475 e. The van der Waals surface area contributed by atoms with Crippen molar-refractivity contribution in [3.63, 3.8) is 0 Å². The number of nitrogens with zero attached hydrogens (tertiary/aromatic N) is 3. The highest BCUT2D eigenvalue weighted by Gasteiger charge is 2.06. The van der Waals surface area contributed by atoms with Gasteiger partial charge in [0, 0.05) is 32.4 Å². The Kier molecular flexibility index (Phi) is 1.82. The molecule has 0 fully saturated rings. The van der Waals surface area contributed by atoms with E-state index < -0.39 is 0 Å². The molecule has 1 heterocycles. The molecule has 4 heteroatoms. The minimum absolute atomic E-state index is 0.664. The summed E-state index contributed by atoms with van der Waals surface area (Å²) in [5, 5.41) is 5.78. The Morgan fingerprint density at radius 2 is 1.81 bits per heavy atom. The third-order valence-electron chi connectivity index (χ3n) is 2.66. The monoisotopic (exact) mass is 208 g/mol. The highest BCUT2D eigenvalue weighted by molar-refractivity contribution is 6.12. The van der Waals surface area contributed by atoms with Crippen LogP contribution in [-0.2, 0) is 0 Å². The fraction of sp³-hybridized carbons (Fsp3) is 0. The number of H-pyrrole nitrogens is 1. The van der Waals surface area contributed by atoms with Crippen molar-refractivity contribution in [3.05, 3.63) is 52.9 Å². The molecule has 3 aromatic rings. The summed E-state index contributed by atoms with van der Waals surface area (Å²) in [5.41, 5.74) is 11.2. The summed E-state index contributed by atoms with van der Waals surface area (Å²) < 4.78 is 0. The van der Waals surface area contributed by atoms with Gasteiger partial charge in [0.25, 0.3) is 0 Å². The first-order valence-electron chi connectivity index (χ1n) is 4.94. The number of rotatable bonds is 1. The van der Waals surface area contributed by atoms with E-state index >= 15 is 0 Å². The van der Waals surface area contributed by atoms with Gasteiger partial charge in [0.1, 0.15) is 0 Å². The number of hydrogen-bond donors (Lipinski definition) is 1. The minimum Gasteiger partial charge on any atom is -0.355 e. The zero-order chi connectivity index (χ0) is 11.0. The molecule has 2 aromatic carbocycles. The maximum absolute atomic E-state index is 8.54. The van der Waals surface area contributed by atoms with Gasteiger partial charge >= 0.3 is 0 Å². The molecule has 0 atom stereocenters. The van der Waals surface area contributed by atoms with Gasteiger partial charge in [0.05, 0.1) is 0 Å². The van der Waals surface area contributed by atoms with Gasteiger partial charge in [-0.25, -0.2) is 0 Å². The van der Waals surface area contributed by atoms with Gasteiger partial charge in [-0.3, -0.25) is 0 Å². The molecule has 1 N–H and O–H groups in total. The number of para-hydroxylation sites is 1. The fourth-order valence-electron chi connectivity index (χ4n) is 2.01. The molecule has 0 bridgehead atoms. The molecule has 0 unspecified atom stereocenters. The predicted octanol–water partition coefficient (Wildman–Crippen LogP) is 4.26. The van der Waals surface area contributed by atoms with E-state index in [1.165, 1.54) is 0 Å². The SMILES string of the molecule is [N-]=[N+]=Nc1cccc2[nH]c3ccccc3c12. The summed E-state index contributed by atoms with van der Waals surface area (Å²) in [6.07, 6.45) is 0. The Bertz CT molecular complexity index is 720. The fourth-order valence-corrected chi connectivity index (χ4v) is 2.01. The van der Waals surface area contributed by atoms with Crippen molar-refractivity contribution in [1.82, 2.24) is 4.98 Å². The number of azide groups is 1. The number of nitrogens with one attached hydrogen (secondary N) is 1. The number of aromatic amines is 1. The third-order valence-corrected chi connectivity index (χ3v) is 2.66. The largest absolute Gasteiger partial charge is 0.355 e. The molecule has 3 rings (SSSR count). The van der Waals surface area contributed by atoms with Crippen LogP contribution in [0, 0.1) is 0 Å². The van der Waals surface area contributed by atoms with Crippen LogP contribution in [0.25, 0.3) is 32.2 Å². The Morgan fingerprint density at radius 3 is 2.69 bits per heavy atom. The molecule has 0 aliphatic rings. The second-order valence-corrected chi connectivity index (χ2v) is 3.56. The van der Waals surface area contributed by atoms with Crippen molar-refractivity contribution in [2.24, 2.45) is 5.11 Å². The van der Waals surface area contributed by atoms with Crippen molar-refractivity contribution in [2.75, 3.05) is 0 Å². The van der Waals surface area contributed by atoms with Crippen molar-refractivity contribution in [1.29, 1.82) is 0 Å². The highest BCUT2D eigenvalue weighted by atomic mass is 15.1. The van der Waals surface area contributed by atoms with E-state index in [-0.39, 0.29) is 0 Å². The van der Waals surface area contributed by atoms with Crippen LogP contribution in [0.5, 0.6) is 0 Å². The van der Waals surface area contributed by atoms with Gasteiger partial charge in [0.15, 0.2) is 0 Å². The zero-order valence-electron chi connectivity index (χ0n) is 8.38. The van der Waals surface area contributed by atoms with Crippen LogP contribution in [0.3, 0.4) is 0 Å². The number of fused-ring (bicyclic) bond motifs is 3. The summed E-state index contributed by atoms with van der Waals surface area (Å²) in [5.74, 6) is 0. The average Bonchev–Trinajstić information content (AvgIpc) is 2.68. The average molecular weight is 208 g/mol. The number of benzene rings is 2. The van der Waals surface area contributed by atoms with Crippen LogP contribution in [0.1, 0.15) is 0 Å². The number of hydrogen-bond acceptors (Lipinski definition) is 1. The van der Waals surface area contributed by atoms with Gasteiger partial charge in [-0.15, -0.1) is 0 Å². The molecule has 0 aliphatic carbocycles. The summed E-state index contributed by atoms with van der Waals surface area (Å²) in [6, 6.07) is 13.7. The molecule has 16 heavy (non-hydrogen) atoms. The van der Waals surface area contributed by atoms with Crippen molar-refractivity contribution in [2.45, 2.75) is 0 Å². The van der Waals surface area contributed by atoms with E-state index in [9.17, 15) is 0 Å². The standard InChI is InChI=1S/C12H8N4/c13-16-15-11-7-3-6-10-12(11)8-4-1-2-5-9(8)14-10/h1-7,14H. The summed E-state index contributed by atoms with van der Waals surface area (Å²) in [7, 11) is 0. The second-order valence-electron chi connectivity index (χ2n) is 3.56. The molecule has 0 spiro atoms. The van der Waals surface area contributed by atoms with Gasteiger partial charge < -0.3 is 4.98 Å². The van der Waals surface area contributed by atoms with E-state index in [1.807, 2.05) is 42.5 Å². The maximum atomic E-state index is 8.54. The van der Waals surface area contributed by atoms with Gasteiger partial charge in [-0.1, -0.05) is 35.4 Å². The first-order chi connectivity index (χ1) is 7.90. The van der Waals surface area contributed by atoms with Crippen molar-refractivity contribution >= 4 is 27.5 Å². The second kappa shape index (κ2) is 3.29. The first-order valence-corrected chi connectivity index (χ1v) is 4.94. The molecule has 0 saturated carbocycles. The lowest BCUT2D eigenvalue weighted by molar-refractivity contribution is 1.50. The third kappa shape index (κ3) is 1.14. The van der Waals surface area contributed by atoms with E-state index in [2.05, 4.69) is 15.0 Å². The molecule has 76 valence electrons. The molecule has 0 saturated heterocycles. The highest BCUT2D eigenvalue weighted by Crippen LogP contribution is 2.32. The van der Waals surface area contributed by atoms with E-state index in [1.54, 1.807) is 0 Å². The normalized spacial score (nSPS) is 10.5. The summed E-state index contributed by atoms with van der Waals surface area (Å²) in [4.78, 5) is 6.15.